The number of carbonyl (C=O) groups is 1. The Kier molecular flexibility index (Phi) is 4.70. The summed E-state index contributed by atoms with van der Waals surface area (Å²) < 4.78 is 38.1. The summed E-state index contributed by atoms with van der Waals surface area (Å²) in [6.07, 6.45) is 2.62. The molecule has 0 fully saturated rings. The Hall–Kier alpha value is -3.04. The van der Waals surface area contributed by atoms with Gasteiger partial charge >= 0.3 is 5.91 Å². The molecule has 0 aliphatic carbocycles. The third-order valence-corrected chi connectivity index (χ3v) is 6.09. The number of hydrogen-bond donors (Lipinski definition) is 1. The Bertz CT molecular complexity index is 1130. The fourth-order valence-corrected chi connectivity index (χ4v) is 4.47. The summed E-state index contributed by atoms with van der Waals surface area (Å²) in [6.45, 7) is 0.358. The number of rotatable bonds is 4. The highest BCUT2D eigenvalue weighted by Crippen LogP contribution is 2.37. The molecule has 2 aromatic carbocycles. The predicted octanol–water partition coefficient (Wildman–Crippen LogP) is 3.17. The van der Waals surface area contributed by atoms with E-state index in [2.05, 4.69) is 10.3 Å². The SMILES string of the molecule is O=C(Nc1cccc(S(=O)(=O)N2CCOc3cc(Cl)ccc32)c1)c1ncco1. The number of carbonyl (C=O) groups excluding carboxylic acids is 1. The first-order valence-corrected chi connectivity index (χ1v) is 10.0. The third kappa shape index (κ3) is 3.41. The largest absolute Gasteiger partial charge is 0.489 e. The van der Waals surface area contributed by atoms with Crippen molar-refractivity contribution in [3.8, 4) is 5.75 Å². The van der Waals surface area contributed by atoms with Crippen molar-refractivity contribution < 1.29 is 22.4 Å². The molecule has 8 nitrogen and oxygen atoms in total. The van der Waals surface area contributed by atoms with Crippen LogP contribution >= 0.6 is 11.6 Å². The van der Waals surface area contributed by atoms with E-state index >= 15 is 0 Å². The Morgan fingerprint density at radius 2 is 2.07 bits per heavy atom. The van der Waals surface area contributed by atoms with Gasteiger partial charge in [-0.2, -0.15) is 0 Å². The van der Waals surface area contributed by atoms with Crippen LogP contribution in [0.5, 0.6) is 5.75 Å². The number of amides is 1. The average molecular weight is 420 g/mol. The summed E-state index contributed by atoms with van der Waals surface area (Å²) in [4.78, 5) is 15.9. The van der Waals surface area contributed by atoms with Crippen molar-refractivity contribution in [2.24, 2.45) is 0 Å². The molecular formula is C18H14ClN3O5S. The van der Waals surface area contributed by atoms with Gasteiger partial charge in [0.05, 0.1) is 23.3 Å². The van der Waals surface area contributed by atoms with E-state index < -0.39 is 15.9 Å². The smallest absolute Gasteiger partial charge is 0.311 e. The van der Waals surface area contributed by atoms with Crippen molar-refractivity contribution in [3.05, 3.63) is 65.8 Å². The molecule has 1 aromatic heterocycles. The molecule has 28 heavy (non-hydrogen) atoms. The fourth-order valence-electron chi connectivity index (χ4n) is 2.80. The standard InChI is InChI=1S/C18H14ClN3O5S/c19-12-4-5-15-16(10-12)26-9-7-22(15)28(24,25)14-3-1-2-13(11-14)21-17(23)18-20-6-8-27-18/h1-6,8,10-11H,7,9H2,(H,21,23). The van der Waals surface area contributed by atoms with Gasteiger partial charge in [0.15, 0.2) is 0 Å². The van der Waals surface area contributed by atoms with Gasteiger partial charge in [0.2, 0.25) is 0 Å². The van der Waals surface area contributed by atoms with Crippen molar-refractivity contribution >= 4 is 38.9 Å². The molecule has 0 radical (unpaired) electrons. The zero-order chi connectivity index (χ0) is 19.7. The second-order valence-electron chi connectivity index (χ2n) is 5.86. The molecule has 1 aliphatic rings. The number of nitrogens with zero attached hydrogens (tertiary/aromatic N) is 2. The van der Waals surface area contributed by atoms with Crippen LogP contribution in [0.4, 0.5) is 11.4 Å². The fraction of sp³-hybridized carbons (Fsp3) is 0.111. The van der Waals surface area contributed by atoms with Crippen LogP contribution in [0, 0.1) is 0 Å². The van der Waals surface area contributed by atoms with Gasteiger partial charge in [-0.05, 0) is 30.3 Å². The van der Waals surface area contributed by atoms with E-state index in [1.54, 1.807) is 30.3 Å². The topological polar surface area (TPSA) is 102 Å². The highest BCUT2D eigenvalue weighted by Gasteiger charge is 2.30. The van der Waals surface area contributed by atoms with Crippen molar-refractivity contribution in [1.29, 1.82) is 0 Å². The molecule has 0 atom stereocenters. The Morgan fingerprint density at radius 1 is 1.21 bits per heavy atom. The molecule has 4 rings (SSSR count). The third-order valence-electron chi connectivity index (χ3n) is 4.05. The maximum absolute atomic E-state index is 13.2. The lowest BCUT2D eigenvalue weighted by molar-refractivity contribution is 0.0990. The summed E-state index contributed by atoms with van der Waals surface area (Å²) >= 11 is 5.97. The molecule has 0 saturated heterocycles. The highest BCUT2D eigenvalue weighted by molar-refractivity contribution is 7.92. The first kappa shape index (κ1) is 18.3. The monoisotopic (exact) mass is 419 g/mol. The minimum Gasteiger partial charge on any atom is -0.489 e. The van der Waals surface area contributed by atoms with Gasteiger partial charge in [0.1, 0.15) is 18.6 Å². The first-order valence-electron chi connectivity index (χ1n) is 8.21. The van der Waals surface area contributed by atoms with E-state index in [-0.39, 0.29) is 23.9 Å². The molecule has 0 saturated carbocycles. The summed E-state index contributed by atoms with van der Waals surface area (Å²) in [5, 5.41) is 3.02. The zero-order valence-electron chi connectivity index (χ0n) is 14.3. The van der Waals surface area contributed by atoms with Gasteiger partial charge in [0, 0.05) is 16.8 Å². The van der Waals surface area contributed by atoms with Crippen LogP contribution in [-0.4, -0.2) is 32.5 Å². The number of halogens is 1. The van der Waals surface area contributed by atoms with Gasteiger partial charge in [-0.25, -0.2) is 13.4 Å². The van der Waals surface area contributed by atoms with E-state index in [0.717, 1.165) is 0 Å². The Labute approximate surface area is 165 Å². The molecule has 144 valence electrons. The van der Waals surface area contributed by atoms with Crippen LogP contribution in [0.2, 0.25) is 5.02 Å². The van der Waals surface area contributed by atoms with E-state index in [1.807, 2.05) is 0 Å². The summed E-state index contributed by atoms with van der Waals surface area (Å²) in [5.41, 5.74) is 0.707. The number of oxazole rings is 1. The molecule has 1 aliphatic heterocycles. The Balaban J connectivity index is 1.65. The number of benzene rings is 2. The lowest BCUT2D eigenvalue weighted by Crippen LogP contribution is -2.37. The van der Waals surface area contributed by atoms with E-state index in [9.17, 15) is 13.2 Å². The number of aromatic nitrogens is 1. The zero-order valence-corrected chi connectivity index (χ0v) is 15.9. The molecule has 0 spiro atoms. The normalized spacial score (nSPS) is 13.5. The van der Waals surface area contributed by atoms with Crippen LogP contribution in [0.25, 0.3) is 0 Å². The van der Waals surface area contributed by atoms with Gasteiger partial charge in [0.25, 0.3) is 15.9 Å². The number of sulfonamides is 1. The van der Waals surface area contributed by atoms with E-state index in [4.69, 9.17) is 20.8 Å². The number of nitrogens with one attached hydrogen (secondary N) is 1. The number of ether oxygens (including phenoxy) is 1. The Morgan fingerprint density at radius 3 is 2.86 bits per heavy atom. The van der Waals surface area contributed by atoms with Gasteiger partial charge in [-0.1, -0.05) is 17.7 Å². The molecule has 10 heteroatoms. The van der Waals surface area contributed by atoms with Crippen molar-refractivity contribution in [3.63, 3.8) is 0 Å². The van der Waals surface area contributed by atoms with Crippen LogP contribution in [0.1, 0.15) is 10.7 Å². The van der Waals surface area contributed by atoms with Crippen LogP contribution in [0.15, 0.2) is 64.2 Å². The maximum Gasteiger partial charge on any atom is 0.311 e. The highest BCUT2D eigenvalue weighted by atomic mass is 35.5. The molecule has 1 amide bonds. The summed E-state index contributed by atoms with van der Waals surface area (Å²) in [6, 6.07) is 10.7. The summed E-state index contributed by atoms with van der Waals surface area (Å²) in [5.74, 6) is -0.297. The van der Waals surface area contributed by atoms with Crippen LogP contribution in [0.3, 0.4) is 0 Å². The van der Waals surface area contributed by atoms with Crippen molar-refractivity contribution in [2.75, 3.05) is 22.8 Å². The lowest BCUT2D eigenvalue weighted by Gasteiger charge is -2.30. The number of anilines is 2. The maximum atomic E-state index is 13.2. The second-order valence-corrected chi connectivity index (χ2v) is 8.16. The minimum atomic E-state index is -3.88. The molecule has 3 aromatic rings. The van der Waals surface area contributed by atoms with Crippen LogP contribution in [-0.2, 0) is 10.0 Å². The van der Waals surface area contributed by atoms with Gasteiger partial charge < -0.3 is 14.5 Å². The van der Waals surface area contributed by atoms with Crippen molar-refractivity contribution in [1.82, 2.24) is 4.98 Å². The summed E-state index contributed by atoms with van der Waals surface area (Å²) in [7, 11) is -3.88. The molecule has 2 heterocycles. The van der Waals surface area contributed by atoms with Gasteiger partial charge in [-0.15, -0.1) is 0 Å². The quantitative estimate of drug-likeness (QED) is 0.696. The van der Waals surface area contributed by atoms with Crippen LogP contribution < -0.4 is 14.4 Å². The lowest BCUT2D eigenvalue weighted by atomic mass is 10.2. The minimum absolute atomic E-state index is 0.0282. The van der Waals surface area contributed by atoms with Gasteiger partial charge in [-0.3, -0.25) is 9.10 Å². The molecule has 0 bridgehead atoms. The first-order chi connectivity index (χ1) is 13.4. The number of hydrogen-bond acceptors (Lipinski definition) is 6. The number of fused-ring (bicyclic) bond motifs is 1. The predicted molar refractivity (Wildman–Crippen MR) is 102 cm³/mol. The average Bonchev–Trinajstić information content (AvgIpc) is 3.22. The molecule has 1 N–H and O–H groups in total. The van der Waals surface area contributed by atoms with E-state index in [1.165, 1.54) is 28.9 Å². The van der Waals surface area contributed by atoms with Crippen molar-refractivity contribution in [2.45, 2.75) is 4.90 Å². The van der Waals surface area contributed by atoms with E-state index in [0.29, 0.717) is 22.1 Å². The molecular weight excluding hydrogens is 406 g/mol. The second kappa shape index (κ2) is 7.17. The molecule has 0 unspecified atom stereocenters.